The third-order valence-corrected chi connectivity index (χ3v) is 3.85. The van der Waals surface area contributed by atoms with E-state index >= 15 is 0 Å². The third kappa shape index (κ3) is 4.33. The molecule has 0 aliphatic carbocycles. The first-order valence-electron chi connectivity index (χ1n) is 7.80. The molecule has 0 fully saturated rings. The summed E-state index contributed by atoms with van der Waals surface area (Å²) in [5, 5.41) is 7.36. The van der Waals surface area contributed by atoms with Gasteiger partial charge in [-0.1, -0.05) is 54.1 Å². The molecule has 126 valence electrons. The Morgan fingerprint density at radius 1 is 1.04 bits per heavy atom. The van der Waals surface area contributed by atoms with Crippen molar-refractivity contribution in [1.29, 1.82) is 0 Å². The minimum absolute atomic E-state index is 0.129. The molecule has 3 aromatic rings. The lowest BCUT2D eigenvalue weighted by atomic mass is 10.0. The summed E-state index contributed by atoms with van der Waals surface area (Å²) in [4.78, 5) is 24.9. The fourth-order valence-corrected chi connectivity index (χ4v) is 2.58. The average Bonchev–Trinajstić information content (AvgIpc) is 3.06. The molecule has 0 bridgehead atoms. The maximum absolute atomic E-state index is 12.7. The van der Waals surface area contributed by atoms with Crippen LogP contribution in [-0.4, -0.2) is 21.5 Å². The molecular weight excluding hydrogens is 338 g/mol. The molecule has 0 radical (unpaired) electrons. The molecule has 1 heterocycles. The predicted molar refractivity (Wildman–Crippen MR) is 96.8 cm³/mol. The van der Waals surface area contributed by atoms with Gasteiger partial charge in [-0.3, -0.25) is 14.3 Å². The highest BCUT2D eigenvalue weighted by molar-refractivity contribution is 6.30. The Labute approximate surface area is 150 Å². The monoisotopic (exact) mass is 353 g/mol. The van der Waals surface area contributed by atoms with Crippen molar-refractivity contribution in [2.24, 2.45) is 0 Å². The maximum Gasteiger partial charge on any atom is 0.226 e. The second kappa shape index (κ2) is 7.77. The zero-order valence-corrected chi connectivity index (χ0v) is 14.1. The highest BCUT2D eigenvalue weighted by Crippen LogP contribution is 2.19. The molecule has 0 aliphatic rings. The van der Waals surface area contributed by atoms with Gasteiger partial charge in [0.1, 0.15) is 0 Å². The minimum atomic E-state index is -0.195. The van der Waals surface area contributed by atoms with Gasteiger partial charge in [0, 0.05) is 30.3 Å². The van der Waals surface area contributed by atoms with Crippen molar-refractivity contribution in [2.75, 3.05) is 5.32 Å². The molecular formula is C19H16ClN3O2. The van der Waals surface area contributed by atoms with Gasteiger partial charge in [0.15, 0.2) is 5.78 Å². The van der Waals surface area contributed by atoms with Gasteiger partial charge in [-0.2, -0.15) is 5.10 Å². The summed E-state index contributed by atoms with van der Waals surface area (Å²) >= 11 is 5.80. The summed E-state index contributed by atoms with van der Waals surface area (Å²) in [6, 6.07) is 16.0. The van der Waals surface area contributed by atoms with Crippen LogP contribution < -0.4 is 5.32 Å². The molecule has 0 spiro atoms. The zero-order chi connectivity index (χ0) is 17.6. The number of rotatable bonds is 6. The summed E-state index contributed by atoms with van der Waals surface area (Å²) in [7, 11) is 0. The van der Waals surface area contributed by atoms with Crippen LogP contribution in [0.15, 0.2) is 67.0 Å². The Morgan fingerprint density at radius 2 is 1.76 bits per heavy atom. The predicted octanol–water partition coefficient (Wildman–Crippen LogP) is 3.80. The molecule has 1 aromatic heterocycles. The van der Waals surface area contributed by atoms with Crippen molar-refractivity contribution in [1.82, 2.24) is 9.78 Å². The SMILES string of the molecule is O=C(CCn1cc(Cl)cn1)Nc1ccccc1C(=O)c1ccccc1. The largest absolute Gasteiger partial charge is 0.325 e. The molecule has 0 saturated carbocycles. The van der Waals surface area contributed by atoms with Gasteiger partial charge in [-0.25, -0.2) is 0 Å². The van der Waals surface area contributed by atoms with Gasteiger partial charge in [0.05, 0.1) is 16.9 Å². The first-order chi connectivity index (χ1) is 12.1. The van der Waals surface area contributed by atoms with E-state index in [1.807, 2.05) is 18.2 Å². The summed E-state index contributed by atoms with van der Waals surface area (Å²) < 4.78 is 1.60. The lowest BCUT2D eigenvalue weighted by Gasteiger charge is -2.10. The summed E-state index contributed by atoms with van der Waals surface area (Å²) in [6.07, 6.45) is 3.40. The van der Waals surface area contributed by atoms with Crippen LogP contribution in [0, 0.1) is 0 Å². The fourth-order valence-electron chi connectivity index (χ4n) is 2.42. The van der Waals surface area contributed by atoms with Crippen molar-refractivity contribution in [3.05, 3.63) is 83.1 Å². The molecule has 0 unspecified atom stereocenters. The second-order valence-electron chi connectivity index (χ2n) is 5.46. The Balaban J connectivity index is 1.70. The summed E-state index contributed by atoms with van der Waals surface area (Å²) in [5.41, 5.74) is 1.54. The smallest absolute Gasteiger partial charge is 0.226 e. The van der Waals surface area contributed by atoms with Gasteiger partial charge in [-0.05, 0) is 12.1 Å². The van der Waals surface area contributed by atoms with Crippen molar-refractivity contribution in [3.8, 4) is 0 Å². The Hall–Kier alpha value is -2.92. The number of anilines is 1. The number of aromatic nitrogens is 2. The number of hydrogen-bond donors (Lipinski definition) is 1. The van der Waals surface area contributed by atoms with E-state index in [1.165, 1.54) is 6.20 Å². The van der Waals surface area contributed by atoms with Crippen LogP contribution in [0.3, 0.4) is 0 Å². The first-order valence-corrected chi connectivity index (χ1v) is 8.18. The quantitative estimate of drug-likeness (QED) is 0.685. The Bertz CT molecular complexity index is 890. The number of aryl methyl sites for hydroxylation is 1. The maximum atomic E-state index is 12.7. The van der Waals surface area contributed by atoms with Crippen LogP contribution in [0.5, 0.6) is 0 Å². The van der Waals surface area contributed by atoms with E-state index in [4.69, 9.17) is 11.6 Å². The van der Waals surface area contributed by atoms with E-state index in [2.05, 4.69) is 10.4 Å². The lowest BCUT2D eigenvalue weighted by molar-refractivity contribution is -0.116. The number of benzene rings is 2. The fraction of sp³-hybridized carbons (Fsp3) is 0.105. The number of carbonyl (C=O) groups is 2. The Morgan fingerprint density at radius 3 is 2.48 bits per heavy atom. The molecule has 0 saturated heterocycles. The third-order valence-electron chi connectivity index (χ3n) is 3.65. The number of para-hydroxylation sites is 1. The number of halogens is 1. The van der Waals surface area contributed by atoms with Crippen LogP contribution >= 0.6 is 11.6 Å². The molecule has 0 atom stereocenters. The van der Waals surface area contributed by atoms with Gasteiger partial charge < -0.3 is 5.32 Å². The van der Waals surface area contributed by atoms with E-state index < -0.39 is 0 Å². The van der Waals surface area contributed by atoms with Crippen LogP contribution in [0.2, 0.25) is 5.02 Å². The van der Waals surface area contributed by atoms with Gasteiger partial charge in [0.25, 0.3) is 0 Å². The van der Waals surface area contributed by atoms with Crippen molar-refractivity contribution in [3.63, 3.8) is 0 Å². The van der Waals surface area contributed by atoms with E-state index in [0.717, 1.165) is 0 Å². The highest BCUT2D eigenvalue weighted by atomic mass is 35.5. The van der Waals surface area contributed by atoms with Gasteiger partial charge >= 0.3 is 0 Å². The zero-order valence-electron chi connectivity index (χ0n) is 13.4. The van der Waals surface area contributed by atoms with Gasteiger partial charge in [0.2, 0.25) is 5.91 Å². The van der Waals surface area contributed by atoms with Gasteiger partial charge in [-0.15, -0.1) is 0 Å². The summed E-state index contributed by atoms with van der Waals surface area (Å²) in [5.74, 6) is -0.324. The number of carbonyl (C=O) groups excluding carboxylic acids is 2. The van der Waals surface area contributed by atoms with Crippen LogP contribution in [0.25, 0.3) is 0 Å². The summed E-state index contributed by atoms with van der Waals surface area (Å²) in [6.45, 7) is 0.410. The molecule has 0 aliphatic heterocycles. The molecule has 3 rings (SSSR count). The first kappa shape index (κ1) is 16.9. The lowest BCUT2D eigenvalue weighted by Crippen LogP contribution is -2.17. The van der Waals surface area contributed by atoms with Crippen LogP contribution in [0.1, 0.15) is 22.3 Å². The van der Waals surface area contributed by atoms with Crippen LogP contribution in [0.4, 0.5) is 5.69 Å². The molecule has 1 N–H and O–H groups in total. The van der Waals surface area contributed by atoms with Crippen molar-refractivity contribution < 1.29 is 9.59 Å². The number of nitrogens with one attached hydrogen (secondary N) is 1. The van der Waals surface area contributed by atoms with Crippen LogP contribution in [-0.2, 0) is 11.3 Å². The molecule has 25 heavy (non-hydrogen) atoms. The van der Waals surface area contributed by atoms with Crippen molar-refractivity contribution >= 4 is 29.0 Å². The van der Waals surface area contributed by atoms with E-state index in [0.29, 0.717) is 28.4 Å². The highest BCUT2D eigenvalue weighted by Gasteiger charge is 2.14. The topological polar surface area (TPSA) is 64.0 Å². The standard InChI is InChI=1S/C19H16ClN3O2/c20-15-12-21-23(13-15)11-10-18(24)22-17-9-5-4-8-16(17)19(25)14-6-2-1-3-7-14/h1-9,12-13H,10-11H2,(H,22,24). The normalized spacial score (nSPS) is 10.4. The average molecular weight is 354 g/mol. The minimum Gasteiger partial charge on any atom is -0.325 e. The van der Waals surface area contributed by atoms with E-state index in [9.17, 15) is 9.59 Å². The molecule has 1 amide bonds. The Kier molecular flexibility index (Phi) is 5.26. The number of nitrogens with zero attached hydrogens (tertiary/aromatic N) is 2. The second-order valence-corrected chi connectivity index (χ2v) is 5.90. The molecule has 2 aromatic carbocycles. The van der Waals surface area contributed by atoms with E-state index in [-0.39, 0.29) is 18.1 Å². The van der Waals surface area contributed by atoms with Crippen molar-refractivity contribution in [2.45, 2.75) is 13.0 Å². The number of hydrogen-bond acceptors (Lipinski definition) is 3. The molecule has 5 nitrogen and oxygen atoms in total. The number of amides is 1. The molecule has 6 heteroatoms. The van der Waals surface area contributed by atoms with E-state index in [1.54, 1.807) is 47.3 Å². The number of ketones is 1.